The molecule has 2 aromatic rings. The summed E-state index contributed by atoms with van der Waals surface area (Å²) in [5, 5.41) is 4.80. The molecule has 0 radical (unpaired) electrons. The Kier molecular flexibility index (Phi) is 3.57. The molecule has 1 aromatic carbocycles. The molecule has 1 heterocycles. The zero-order valence-corrected chi connectivity index (χ0v) is 9.24. The molecular weight excluding hydrogens is 242 g/mol. The van der Waals surface area contributed by atoms with Crippen LogP contribution in [0.5, 0.6) is 0 Å². The molecule has 94 valence electrons. The van der Waals surface area contributed by atoms with Gasteiger partial charge in [-0.1, -0.05) is 0 Å². The van der Waals surface area contributed by atoms with E-state index in [2.05, 4.69) is 10.6 Å². The molecular formula is C12H10F2N2O2. The van der Waals surface area contributed by atoms with Gasteiger partial charge in [0.05, 0.1) is 12.8 Å². The van der Waals surface area contributed by atoms with Crippen LogP contribution >= 0.6 is 0 Å². The van der Waals surface area contributed by atoms with Crippen molar-refractivity contribution >= 4 is 11.7 Å². The van der Waals surface area contributed by atoms with Crippen molar-refractivity contribution in [3.8, 4) is 0 Å². The summed E-state index contributed by atoms with van der Waals surface area (Å²) >= 11 is 0. The van der Waals surface area contributed by atoms with Crippen LogP contribution in [0.1, 0.15) is 5.76 Å². The largest absolute Gasteiger partial charge is 0.467 e. The average Bonchev–Trinajstić information content (AvgIpc) is 2.77. The van der Waals surface area contributed by atoms with E-state index in [9.17, 15) is 13.6 Å². The number of carbonyl (C=O) groups is 1. The van der Waals surface area contributed by atoms with Crippen LogP contribution in [-0.4, -0.2) is 6.03 Å². The van der Waals surface area contributed by atoms with Gasteiger partial charge in [-0.2, -0.15) is 0 Å². The Morgan fingerprint density at radius 1 is 1.22 bits per heavy atom. The summed E-state index contributed by atoms with van der Waals surface area (Å²) in [5.41, 5.74) is 0.0458. The van der Waals surface area contributed by atoms with Crippen LogP contribution in [0.4, 0.5) is 19.3 Å². The van der Waals surface area contributed by atoms with Gasteiger partial charge in [-0.05, 0) is 24.3 Å². The van der Waals surface area contributed by atoms with Crippen LogP contribution in [0.2, 0.25) is 0 Å². The lowest BCUT2D eigenvalue weighted by molar-refractivity contribution is 0.251. The molecule has 0 atom stereocenters. The normalized spacial score (nSPS) is 10.1. The first-order valence-electron chi connectivity index (χ1n) is 5.17. The predicted octanol–water partition coefficient (Wildman–Crippen LogP) is 2.88. The number of hydrogen-bond donors (Lipinski definition) is 2. The molecule has 0 fully saturated rings. The molecule has 6 heteroatoms. The van der Waals surface area contributed by atoms with Gasteiger partial charge in [0.2, 0.25) is 0 Å². The second kappa shape index (κ2) is 5.31. The van der Waals surface area contributed by atoms with Gasteiger partial charge >= 0.3 is 6.03 Å². The Morgan fingerprint density at radius 3 is 2.56 bits per heavy atom. The van der Waals surface area contributed by atoms with Crippen molar-refractivity contribution < 1.29 is 18.0 Å². The van der Waals surface area contributed by atoms with Gasteiger partial charge in [0.25, 0.3) is 0 Å². The van der Waals surface area contributed by atoms with Crippen LogP contribution in [0.15, 0.2) is 41.0 Å². The molecule has 0 spiro atoms. The maximum Gasteiger partial charge on any atom is 0.319 e. The highest BCUT2D eigenvalue weighted by molar-refractivity contribution is 5.89. The molecule has 0 saturated heterocycles. The Morgan fingerprint density at radius 2 is 1.94 bits per heavy atom. The van der Waals surface area contributed by atoms with Crippen molar-refractivity contribution in [1.82, 2.24) is 5.32 Å². The summed E-state index contributed by atoms with van der Waals surface area (Å²) in [6, 6.07) is 5.59. The molecule has 1 aromatic heterocycles. The molecule has 0 aliphatic carbocycles. The van der Waals surface area contributed by atoms with Crippen LogP contribution in [0.25, 0.3) is 0 Å². The Labute approximate surface area is 102 Å². The number of anilines is 1. The standard InChI is InChI=1S/C12H10F2N2O2/c13-8-4-9(14)6-10(5-8)16-12(17)15-7-11-2-1-3-18-11/h1-6H,7H2,(H2,15,16,17). The number of rotatable bonds is 3. The molecule has 2 rings (SSSR count). The Balaban J connectivity index is 1.90. The fourth-order valence-electron chi connectivity index (χ4n) is 1.38. The molecule has 0 aliphatic rings. The molecule has 0 aliphatic heterocycles. The lowest BCUT2D eigenvalue weighted by Crippen LogP contribution is -2.28. The number of halogens is 2. The second-order valence-corrected chi connectivity index (χ2v) is 3.55. The Bertz CT molecular complexity index is 521. The molecule has 2 N–H and O–H groups in total. The first kappa shape index (κ1) is 12.1. The Hall–Kier alpha value is -2.37. The van der Waals surface area contributed by atoms with E-state index in [1.54, 1.807) is 12.1 Å². The topological polar surface area (TPSA) is 54.3 Å². The highest BCUT2D eigenvalue weighted by atomic mass is 19.1. The van der Waals surface area contributed by atoms with Gasteiger partial charge in [-0.15, -0.1) is 0 Å². The van der Waals surface area contributed by atoms with E-state index in [1.807, 2.05) is 0 Å². The van der Waals surface area contributed by atoms with Gasteiger partial charge in [0.1, 0.15) is 17.4 Å². The molecule has 0 bridgehead atoms. The second-order valence-electron chi connectivity index (χ2n) is 3.55. The minimum Gasteiger partial charge on any atom is -0.467 e. The number of benzene rings is 1. The number of urea groups is 1. The summed E-state index contributed by atoms with van der Waals surface area (Å²) in [4.78, 5) is 11.4. The van der Waals surface area contributed by atoms with Crippen molar-refractivity contribution in [2.45, 2.75) is 6.54 Å². The third kappa shape index (κ3) is 3.31. The maximum absolute atomic E-state index is 12.9. The van der Waals surface area contributed by atoms with E-state index in [4.69, 9.17) is 4.42 Å². The average molecular weight is 252 g/mol. The van der Waals surface area contributed by atoms with E-state index in [1.165, 1.54) is 6.26 Å². The number of carbonyl (C=O) groups excluding carboxylic acids is 1. The van der Waals surface area contributed by atoms with E-state index < -0.39 is 17.7 Å². The van der Waals surface area contributed by atoms with Crippen molar-refractivity contribution in [2.24, 2.45) is 0 Å². The van der Waals surface area contributed by atoms with Crippen LogP contribution in [-0.2, 0) is 6.54 Å². The summed E-state index contributed by atoms with van der Waals surface area (Å²) in [6.45, 7) is 0.191. The third-order valence-corrected chi connectivity index (χ3v) is 2.12. The first-order valence-corrected chi connectivity index (χ1v) is 5.17. The van der Waals surface area contributed by atoms with E-state index >= 15 is 0 Å². The van der Waals surface area contributed by atoms with Crippen LogP contribution in [0, 0.1) is 11.6 Å². The molecule has 0 saturated carbocycles. The minimum atomic E-state index is -0.753. The van der Waals surface area contributed by atoms with Gasteiger partial charge < -0.3 is 15.1 Å². The third-order valence-electron chi connectivity index (χ3n) is 2.12. The van der Waals surface area contributed by atoms with Crippen molar-refractivity contribution in [2.75, 3.05) is 5.32 Å². The summed E-state index contributed by atoms with van der Waals surface area (Å²) in [6.07, 6.45) is 1.48. The lowest BCUT2D eigenvalue weighted by Gasteiger charge is -2.06. The van der Waals surface area contributed by atoms with Crippen LogP contribution in [0.3, 0.4) is 0 Å². The SMILES string of the molecule is O=C(NCc1ccco1)Nc1cc(F)cc(F)c1. The highest BCUT2D eigenvalue weighted by Gasteiger charge is 2.05. The number of nitrogens with one attached hydrogen (secondary N) is 2. The zero-order chi connectivity index (χ0) is 13.0. The number of amides is 2. The number of furan rings is 1. The van der Waals surface area contributed by atoms with Gasteiger partial charge in [0, 0.05) is 11.8 Å². The molecule has 4 nitrogen and oxygen atoms in total. The quantitative estimate of drug-likeness (QED) is 0.882. The maximum atomic E-state index is 12.9. The molecule has 18 heavy (non-hydrogen) atoms. The number of hydrogen-bond acceptors (Lipinski definition) is 2. The van der Waals surface area contributed by atoms with Gasteiger partial charge in [-0.25, -0.2) is 13.6 Å². The smallest absolute Gasteiger partial charge is 0.319 e. The van der Waals surface area contributed by atoms with Gasteiger partial charge in [0.15, 0.2) is 0 Å². The molecule has 2 amide bonds. The monoisotopic (exact) mass is 252 g/mol. The fourth-order valence-corrected chi connectivity index (χ4v) is 1.38. The minimum absolute atomic E-state index is 0.0458. The van der Waals surface area contributed by atoms with Crippen molar-refractivity contribution in [3.63, 3.8) is 0 Å². The van der Waals surface area contributed by atoms with Gasteiger partial charge in [-0.3, -0.25) is 0 Å². The van der Waals surface area contributed by atoms with E-state index in [0.717, 1.165) is 18.2 Å². The van der Waals surface area contributed by atoms with E-state index in [-0.39, 0.29) is 12.2 Å². The fraction of sp³-hybridized carbons (Fsp3) is 0.0833. The first-order chi connectivity index (χ1) is 8.63. The highest BCUT2D eigenvalue weighted by Crippen LogP contribution is 2.12. The molecule has 0 unspecified atom stereocenters. The summed E-state index contributed by atoms with van der Waals surface area (Å²) < 4.78 is 30.7. The van der Waals surface area contributed by atoms with E-state index in [0.29, 0.717) is 5.76 Å². The zero-order valence-electron chi connectivity index (χ0n) is 9.24. The van der Waals surface area contributed by atoms with Crippen molar-refractivity contribution in [3.05, 3.63) is 54.0 Å². The van der Waals surface area contributed by atoms with Crippen molar-refractivity contribution in [1.29, 1.82) is 0 Å². The summed E-state index contributed by atoms with van der Waals surface area (Å²) in [7, 11) is 0. The van der Waals surface area contributed by atoms with Crippen LogP contribution < -0.4 is 10.6 Å². The lowest BCUT2D eigenvalue weighted by atomic mass is 10.3. The summed E-state index contributed by atoms with van der Waals surface area (Å²) in [5.74, 6) is -0.928. The predicted molar refractivity (Wildman–Crippen MR) is 60.9 cm³/mol.